The third kappa shape index (κ3) is 13.4. The maximum Gasteiger partial charge on any atom is 0.165 e. The van der Waals surface area contributed by atoms with E-state index in [-0.39, 0.29) is 25.0 Å². The molecule has 6 heterocycles. The lowest BCUT2D eigenvalue weighted by Crippen LogP contribution is -2.37. The maximum absolute atomic E-state index is 10.8. The van der Waals surface area contributed by atoms with E-state index in [1.165, 1.54) is 0 Å². The maximum atomic E-state index is 10.8. The highest BCUT2D eigenvalue weighted by molar-refractivity contribution is 9.11. The number of rotatable bonds is 19. The van der Waals surface area contributed by atoms with E-state index in [1.807, 2.05) is 99.3 Å². The molecule has 416 valence electrons. The van der Waals surface area contributed by atoms with Crippen LogP contribution in [0, 0.1) is 0 Å². The van der Waals surface area contributed by atoms with Crippen molar-refractivity contribution in [3.8, 4) is 33.6 Å². The van der Waals surface area contributed by atoms with Crippen molar-refractivity contribution >= 4 is 70.9 Å². The molecule has 0 amide bonds. The second-order valence-corrected chi connectivity index (χ2v) is 36.3. The second kappa shape index (κ2) is 24.3. The number of benzene rings is 2. The number of anilines is 2. The van der Waals surface area contributed by atoms with Crippen LogP contribution in [0.15, 0.2) is 107 Å². The first-order valence-electron chi connectivity index (χ1n) is 26.9. The van der Waals surface area contributed by atoms with Gasteiger partial charge in [-0.25, -0.2) is 19.3 Å². The minimum atomic E-state index is -1.27. The van der Waals surface area contributed by atoms with Crippen molar-refractivity contribution in [1.82, 2.24) is 48.8 Å². The van der Waals surface area contributed by atoms with Gasteiger partial charge in [-0.1, -0.05) is 75.7 Å². The summed E-state index contributed by atoms with van der Waals surface area (Å²) in [5.74, 6) is 1.56. The fraction of sp³-hybridized carbons (Fsp3) is 0.464. The van der Waals surface area contributed by atoms with Gasteiger partial charge in [0.1, 0.15) is 19.3 Å². The van der Waals surface area contributed by atoms with Crippen LogP contribution in [0.2, 0.25) is 51.4 Å². The van der Waals surface area contributed by atoms with Crippen molar-refractivity contribution in [2.45, 2.75) is 126 Å². The van der Waals surface area contributed by atoms with Crippen molar-refractivity contribution in [3.05, 3.63) is 118 Å². The lowest BCUT2D eigenvalue weighted by molar-refractivity contribution is -0.0459. The summed E-state index contributed by atoms with van der Waals surface area (Å²) in [5, 5.41) is 58.9. The van der Waals surface area contributed by atoms with Crippen LogP contribution in [0.1, 0.15) is 74.6 Å². The fourth-order valence-corrected chi connectivity index (χ4v) is 12.9. The fourth-order valence-electron chi connectivity index (χ4n) is 10.0. The monoisotopic (exact) mass is 1220 g/mol. The number of nitrogens with two attached hydrogens (primary N) is 1. The molecule has 0 atom stereocenters. The SMILES string of the molecule is C[Si](C)(C)CCOCN(COCC[Si](C)(C)C)c1c(Br)c(C2CCC(O)(CO)CC2)nc2c(-c3cnn(-c4ccccc4)c3)cnn12.Nc1c(Br)c(C2CCC(O)(CO)CC2)nc2c(-c3cnn(-c4ccccc4)c3)cnn12. The summed E-state index contributed by atoms with van der Waals surface area (Å²) in [7, 11) is -2.54. The highest BCUT2D eigenvalue weighted by Gasteiger charge is 2.37. The Bertz CT molecular complexity index is 3250. The molecule has 2 aliphatic carbocycles. The smallest absolute Gasteiger partial charge is 0.165 e. The Balaban J connectivity index is 0.000000206. The van der Waals surface area contributed by atoms with Gasteiger partial charge >= 0.3 is 0 Å². The van der Waals surface area contributed by atoms with Gasteiger partial charge in [0.25, 0.3) is 0 Å². The van der Waals surface area contributed by atoms with Crippen LogP contribution in [-0.4, -0.2) is 136 Å². The number of nitrogen functional groups attached to an aromatic ring is 1. The quantitative estimate of drug-likeness (QED) is 0.0289. The van der Waals surface area contributed by atoms with Gasteiger partial charge in [-0.2, -0.15) is 29.4 Å². The number of hydrogen-bond acceptors (Lipinski definition) is 14. The largest absolute Gasteiger partial charge is 0.393 e. The zero-order chi connectivity index (χ0) is 55.4. The van der Waals surface area contributed by atoms with Crippen LogP contribution in [0.4, 0.5) is 11.6 Å². The van der Waals surface area contributed by atoms with E-state index in [0.717, 1.165) is 90.4 Å². The zero-order valence-electron chi connectivity index (χ0n) is 45.6. The van der Waals surface area contributed by atoms with Gasteiger partial charge in [0.2, 0.25) is 0 Å². The molecule has 6 aromatic heterocycles. The van der Waals surface area contributed by atoms with Gasteiger partial charge < -0.3 is 40.5 Å². The molecule has 8 aromatic rings. The average Bonchev–Trinajstić information content (AvgIpc) is 4.35. The molecule has 0 unspecified atom stereocenters. The summed E-state index contributed by atoms with van der Waals surface area (Å²) in [6, 6.07) is 22.1. The van der Waals surface area contributed by atoms with E-state index in [2.05, 4.69) is 91.3 Å². The highest BCUT2D eigenvalue weighted by atomic mass is 79.9. The first-order valence-corrected chi connectivity index (χ1v) is 35.9. The molecule has 78 heavy (non-hydrogen) atoms. The van der Waals surface area contributed by atoms with E-state index >= 15 is 0 Å². The van der Waals surface area contributed by atoms with Gasteiger partial charge in [-0.05, 0) is 120 Å². The first-order chi connectivity index (χ1) is 37.3. The predicted octanol–water partition coefficient (Wildman–Crippen LogP) is 10.5. The van der Waals surface area contributed by atoms with E-state index in [1.54, 1.807) is 16.9 Å². The average molecular weight is 1230 g/mol. The van der Waals surface area contributed by atoms with E-state index in [0.29, 0.717) is 76.7 Å². The molecular weight excluding hydrogens is 1150 g/mol. The number of aliphatic hydroxyl groups excluding tert-OH is 2. The van der Waals surface area contributed by atoms with Gasteiger partial charge in [0, 0.05) is 75.8 Å². The summed E-state index contributed by atoms with van der Waals surface area (Å²) in [6.45, 7) is 15.8. The molecule has 0 spiro atoms. The molecule has 2 aromatic carbocycles. The van der Waals surface area contributed by atoms with Crippen molar-refractivity contribution in [2.24, 2.45) is 0 Å². The second-order valence-electron chi connectivity index (χ2n) is 23.5. The molecule has 0 bridgehead atoms. The molecule has 22 heteroatoms. The highest BCUT2D eigenvalue weighted by Crippen LogP contribution is 2.45. The number of fused-ring (bicyclic) bond motifs is 2. The molecule has 6 N–H and O–H groups in total. The molecule has 0 aliphatic heterocycles. The van der Waals surface area contributed by atoms with E-state index in [4.69, 9.17) is 30.3 Å². The van der Waals surface area contributed by atoms with Gasteiger partial charge in [-0.15, -0.1) is 0 Å². The Labute approximate surface area is 474 Å². The van der Waals surface area contributed by atoms with Crippen molar-refractivity contribution in [1.29, 1.82) is 0 Å². The Kier molecular flexibility index (Phi) is 17.9. The van der Waals surface area contributed by atoms with Crippen LogP contribution in [0.5, 0.6) is 0 Å². The molecular formula is C56H74Br2N12O6Si2. The van der Waals surface area contributed by atoms with E-state index in [9.17, 15) is 20.4 Å². The molecule has 10 rings (SSSR count). The number of aliphatic hydroxyl groups is 4. The Hall–Kier alpha value is -5.15. The Morgan fingerprint density at radius 3 is 1.44 bits per heavy atom. The normalized spacial score (nSPS) is 20.1. The molecule has 2 aliphatic rings. The van der Waals surface area contributed by atoms with Crippen molar-refractivity contribution in [3.63, 3.8) is 0 Å². The molecule has 0 radical (unpaired) electrons. The predicted molar refractivity (Wildman–Crippen MR) is 318 cm³/mol. The minimum absolute atomic E-state index is 0.0946. The van der Waals surface area contributed by atoms with Gasteiger partial charge in [0.05, 0.1) is 80.9 Å². The number of halogens is 2. The molecule has 2 saturated carbocycles. The first kappa shape index (κ1) is 57.5. The number of ether oxygens (including phenoxy) is 2. The van der Waals surface area contributed by atoms with Gasteiger partial charge in [0.15, 0.2) is 17.1 Å². The minimum Gasteiger partial charge on any atom is -0.393 e. The third-order valence-electron chi connectivity index (χ3n) is 15.1. The lowest BCUT2D eigenvalue weighted by Gasteiger charge is -2.35. The van der Waals surface area contributed by atoms with Crippen LogP contribution < -0.4 is 10.6 Å². The Morgan fingerprint density at radius 2 is 1.01 bits per heavy atom. The van der Waals surface area contributed by atoms with Crippen LogP contribution >= 0.6 is 31.9 Å². The third-order valence-corrected chi connectivity index (χ3v) is 20.0. The van der Waals surface area contributed by atoms with E-state index < -0.39 is 27.3 Å². The zero-order valence-corrected chi connectivity index (χ0v) is 50.7. The van der Waals surface area contributed by atoms with Crippen molar-refractivity contribution < 1.29 is 29.9 Å². The topological polar surface area (TPSA) is 225 Å². The number of para-hydroxylation sites is 2. The molecule has 0 saturated heterocycles. The summed E-state index contributed by atoms with van der Waals surface area (Å²) in [5.41, 5.74) is 13.0. The number of nitrogens with zero attached hydrogens (tertiary/aromatic N) is 11. The van der Waals surface area contributed by atoms with Crippen LogP contribution in [-0.2, 0) is 9.47 Å². The Morgan fingerprint density at radius 1 is 0.603 bits per heavy atom. The number of aromatic nitrogens is 10. The van der Waals surface area contributed by atoms with Crippen LogP contribution in [0.3, 0.4) is 0 Å². The lowest BCUT2D eigenvalue weighted by atomic mass is 9.78. The summed E-state index contributed by atoms with van der Waals surface area (Å²) < 4.78 is 21.4. The van der Waals surface area contributed by atoms with Crippen LogP contribution in [0.25, 0.3) is 44.9 Å². The summed E-state index contributed by atoms with van der Waals surface area (Å²) in [6.07, 6.45) is 16.2. The number of hydrogen-bond donors (Lipinski definition) is 5. The standard InChI is InChI=1S/C34H51BrN6O4Si2.C22H23BrN6O2/c1-46(2,3)18-16-44-24-39(25-45-17-19-47(4,5)6)33-30(35)31(26-12-14-34(43,23-42)15-13-26)38-32-29(21-37-41(32)33)27-20-36-40(22-27)28-10-8-7-9-11-28;23-18-19(14-6-8-22(31,13-30)9-7-14)27-21-17(11-26-29(21)20(18)24)15-10-25-28(12-15)16-4-2-1-3-5-16/h7-11,20-22,26,42-43H,12-19,23-25H2,1-6H3;1-5,10-12,14,30-31H,6-9,13,24H2. The van der Waals surface area contributed by atoms with Crippen molar-refractivity contribution in [2.75, 3.05) is 50.5 Å². The molecule has 2 fully saturated rings. The summed E-state index contributed by atoms with van der Waals surface area (Å²) >= 11 is 7.58. The molecule has 18 nitrogen and oxygen atoms in total. The van der Waals surface area contributed by atoms with Gasteiger partial charge in [-0.3, -0.25) is 0 Å². The summed E-state index contributed by atoms with van der Waals surface area (Å²) in [4.78, 5) is 12.3.